The van der Waals surface area contributed by atoms with Crippen LogP contribution < -0.4 is 10.6 Å². The molecule has 6 radical (unpaired) electrons. The molecule has 0 saturated carbocycles. The molecule has 2 N–H and O–H groups in total. The van der Waals surface area contributed by atoms with Crippen LogP contribution in [0.1, 0.15) is 34.6 Å². The van der Waals surface area contributed by atoms with Gasteiger partial charge in [0.25, 0.3) is 5.91 Å². The first-order valence-corrected chi connectivity index (χ1v) is 9.21. The van der Waals surface area contributed by atoms with E-state index in [2.05, 4.69) is 25.8 Å². The number of amides is 2. The van der Waals surface area contributed by atoms with Gasteiger partial charge in [-0.05, 0) is 22.9 Å². The summed E-state index contributed by atoms with van der Waals surface area (Å²) >= 11 is 0. The van der Waals surface area contributed by atoms with Gasteiger partial charge < -0.3 is 10.6 Å². The van der Waals surface area contributed by atoms with Gasteiger partial charge in [-0.1, -0.05) is 0 Å². The highest BCUT2D eigenvalue weighted by Gasteiger charge is 2.20. The lowest BCUT2D eigenvalue weighted by Gasteiger charge is -2.23. The van der Waals surface area contributed by atoms with Crippen LogP contribution in [0.2, 0.25) is 0 Å². The third-order valence-electron chi connectivity index (χ3n) is 4.18. The number of hydrogen-bond donors (Lipinski definition) is 2. The maximum Gasteiger partial charge on any atom is 0.269 e. The van der Waals surface area contributed by atoms with E-state index in [0.29, 0.717) is 16.9 Å². The summed E-state index contributed by atoms with van der Waals surface area (Å²) in [6.07, 6.45) is 1.24. The standard InChI is InChI=1S/C17H16B3F2N7O2/c18-17(19,20)29-12(3-4-25-29)16(31)24-8-11-9-28-14(27-11)5-10(7-26-28)6-23-15(30)2-1-13(21)22/h3-5,7,9,13H,1-2,6,8H2,(H,23,30)(H,24,31). The topological polar surface area (TPSA) is 106 Å². The largest absolute Gasteiger partial charge is 0.352 e. The molecule has 3 heterocycles. The van der Waals surface area contributed by atoms with Crippen molar-refractivity contribution in [2.24, 2.45) is 0 Å². The van der Waals surface area contributed by atoms with Crippen molar-refractivity contribution in [2.75, 3.05) is 0 Å². The molecule has 0 aliphatic carbocycles. The average Bonchev–Trinajstić information content (AvgIpc) is 3.35. The second-order valence-electron chi connectivity index (χ2n) is 6.80. The van der Waals surface area contributed by atoms with Gasteiger partial charge in [-0.2, -0.15) is 10.2 Å². The molecule has 0 bridgehead atoms. The number of alkyl halides is 2. The van der Waals surface area contributed by atoms with E-state index >= 15 is 0 Å². The highest BCUT2D eigenvalue weighted by molar-refractivity contribution is 6.56. The van der Waals surface area contributed by atoms with Gasteiger partial charge in [0.2, 0.25) is 12.3 Å². The number of hydrogen-bond acceptors (Lipinski definition) is 5. The van der Waals surface area contributed by atoms with Gasteiger partial charge in [0.1, 0.15) is 5.69 Å². The van der Waals surface area contributed by atoms with E-state index in [1.165, 1.54) is 23.0 Å². The molecule has 0 spiro atoms. The van der Waals surface area contributed by atoms with E-state index in [-0.39, 0.29) is 25.2 Å². The zero-order valence-electron chi connectivity index (χ0n) is 16.3. The molecule has 3 rings (SSSR count). The predicted octanol–water partition coefficient (Wildman–Crippen LogP) is -0.409. The fourth-order valence-electron chi connectivity index (χ4n) is 2.72. The van der Waals surface area contributed by atoms with Gasteiger partial charge in [-0.15, -0.1) is 0 Å². The molecule has 31 heavy (non-hydrogen) atoms. The summed E-state index contributed by atoms with van der Waals surface area (Å²) in [5, 5.41) is 11.4. The monoisotopic (exact) mass is 421 g/mol. The van der Waals surface area contributed by atoms with E-state index in [1.807, 2.05) is 0 Å². The normalized spacial score (nSPS) is 11.7. The summed E-state index contributed by atoms with van der Waals surface area (Å²) in [5.41, 5.74) is 1.73. The fourth-order valence-corrected chi connectivity index (χ4v) is 2.72. The lowest BCUT2D eigenvalue weighted by atomic mass is 9.49. The van der Waals surface area contributed by atoms with Crippen LogP contribution >= 0.6 is 0 Å². The number of nitrogens with zero attached hydrogens (tertiary/aromatic N) is 5. The van der Waals surface area contributed by atoms with Crippen LogP contribution in [-0.4, -0.2) is 66.2 Å². The van der Waals surface area contributed by atoms with Crippen LogP contribution in [0.4, 0.5) is 8.78 Å². The number of nitrogens with one attached hydrogen (secondary N) is 2. The molecule has 14 heteroatoms. The fraction of sp³-hybridized carbons (Fsp3) is 0.353. The number of rotatable bonds is 9. The van der Waals surface area contributed by atoms with Gasteiger partial charge in [-0.25, -0.2) is 18.3 Å². The van der Waals surface area contributed by atoms with Crippen LogP contribution in [-0.2, 0) is 23.1 Å². The molecule has 0 fully saturated rings. The van der Waals surface area contributed by atoms with Gasteiger partial charge in [0.05, 0.1) is 48.2 Å². The Morgan fingerprint density at radius 1 is 1.16 bits per heavy atom. The number of fused-ring (bicyclic) bond motifs is 1. The summed E-state index contributed by atoms with van der Waals surface area (Å²) in [5.74, 6) is -0.969. The third kappa shape index (κ3) is 5.92. The van der Waals surface area contributed by atoms with E-state index in [0.717, 1.165) is 4.68 Å². The highest BCUT2D eigenvalue weighted by atomic mass is 19.3. The first kappa shape index (κ1) is 22.5. The van der Waals surface area contributed by atoms with Gasteiger partial charge in [0, 0.05) is 25.6 Å². The molecule has 0 aliphatic heterocycles. The number of halogens is 2. The molecular formula is C17H16B3F2N7O2. The molecule has 0 saturated heterocycles. The van der Waals surface area contributed by atoms with Gasteiger partial charge in [0.15, 0.2) is 5.65 Å². The summed E-state index contributed by atoms with van der Waals surface area (Å²) in [6.45, 7) is 0.216. The summed E-state index contributed by atoms with van der Waals surface area (Å²) in [6, 6.07) is 3.11. The number of imidazole rings is 1. The van der Waals surface area contributed by atoms with Crippen molar-refractivity contribution in [1.29, 1.82) is 0 Å². The van der Waals surface area contributed by atoms with Crippen molar-refractivity contribution in [3.8, 4) is 0 Å². The minimum Gasteiger partial charge on any atom is -0.352 e. The van der Waals surface area contributed by atoms with Crippen LogP contribution in [0.25, 0.3) is 5.65 Å². The molecule has 3 aromatic heterocycles. The molecule has 9 nitrogen and oxygen atoms in total. The molecule has 0 aliphatic rings. The molecule has 3 aromatic rings. The summed E-state index contributed by atoms with van der Waals surface area (Å²) in [7, 11) is 16.7. The Morgan fingerprint density at radius 2 is 1.94 bits per heavy atom. The van der Waals surface area contributed by atoms with Crippen molar-refractivity contribution >= 4 is 41.0 Å². The van der Waals surface area contributed by atoms with Crippen LogP contribution in [0, 0.1) is 0 Å². The van der Waals surface area contributed by atoms with E-state index in [9.17, 15) is 18.4 Å². The zero-order chi connectivity index (χ0) is 22.6. The molecule has 154 valence electrons. The minimum atomic E-state index is -2.52. The minimum absolute atomic E-state index is 0.0826. The predicted molar refractivity (Wildman–Crippen MR) is 109 cm³/mol. The number of aromatic nitrogens is 5. The van der Waals surface area contributed by atoms with Crippen molar-refractivity contribution in [2.45, 2.75) is 37.6 Å². The maximum atomic E-state index is 12.4. The van der Waals surface area contributed by atoms with Crippen molar-refractivity contribution in [3.63, 3.8) is 0 Å². The quantitative estimate of drug-likeness (QED) is 0.458. The average molecular weight is 421 g/mol. The van der Waals surface area contributed by atoms with Gasteiger partial charge in [-0.3, -0.25) is 14.3 Å². The Labute approximate surface area is 180 Å². The Balaban J connectivity index is 1.60. The zero-order valence-corrected chi connectivity index (χ0v) is 16.3. The molecule has 0 atom stereocenters. The second kappa shape index (κ2) is 9.31. The highest BCUT2D eigenvalue weighted by Crippen LogP contribution is 2.09. The first-order valence-electron chi connectivity index (χ1n) is 9.21. The second-order valence-corrected chi connectivity index (χ2v) is 6.80. The van der Waals surface area contributed by atoms with E-state index in [4.69, 9.17) is 23.5 Å². The van der Waals surface area contributed by atoms with Crippen molar-refractivity contribution in [1.82, 2.24) is 35.0 Å². The Bertz CT molecular complexity index is 1080. The van der Waals surface area contributed by atoms with Crippen LogP contribution in [0.5, 0.6) is 0 Å². The third-order valence-corrected chi connectivity index (χ3v) is 4.18. The Kier molecular flexibility index (Phi) is 6.76. The van der Waals surface area contributed by atoms with Gasteiger partial charge >= 0.3 is 0 Å². The lowest BCUT2D eigenvalue weighted by molar-refractivity contribution is -0.122. The number of carbonyl (C=O) groups is 2. The van der Waals surface area contributed by atoms with Crippen molar-refractivity contribution in [3.05, 3.63) is 47.7 Å². The number of carbonyl (C=O) groups excluding carboxylic acids is 2. The van der Waals surface area contributed by atoms with Crippen LogP contribution in [0.3, 0.4) is 0 Å². The maximum absolute atomic E-state index is 12.4. The summed E-state index contributed by atoms with van der Waals surface area (Å²) in [4.78, 5) is 28.3. The summed E-state index contributed by atoms with van der Waals surface area (Å²) < 4.78 is 26.8. The Morgan fingerprint density at radius 3 is 2.65 bits per heavy atom. The molecular weight excluding hydrogens is 405 g/mol. The first-order chi connectivity index (χ1) is 14.6. The molecule has 2 amide bonds. The van der Waals surface area contributed by atoms with E-state index in [1.54, 1.807) is 12.3 Å². The van der Waals surface area contributed by atoms with Crippen molar-refractivity contribution < 1.29 is 18.4 Å². The lowest BCUT2D eigenvalue weighted by Crippen LogP contribution is -2.40. The molecule has 0 unspecified atom stereocenters. The Hall–Kier alpha value is -3.18. The smallest absolute Gasteiger partial charge is 0.269 e. The van der Waals surface area contributed by atoms with E-state index < -0.39 is 29.9 Å². The van der Waals surface area contributed by atoms with Crippen LogP contribution in [0.15, 0.2) is 30.7 Å². The SMILES string of the molecule is [B]C([B])([B])n1nccc1C(=O)NCc1cn2ncc(CNC(=O)CCC(F)F)cc2n1. The molecule has 0 aromatic carbocycles.